The zero-order chi connectivity index (χ0) is 45.2. The van der Waals surface area contributed by atoms with Crippen LogP contribution in [0.15, 0.2) is 227 Å². The van der Waals surface area contributed by atoms with E-state index in [1.165, 1.54) is 37.7 Å². The van der Waals surface area contributed by atoms with Gasteiger partial charge in [0.05, 0.1) is 22.2 Å². The molecule has 15 rings (SSSR count). The molecule has 0 bridgehead atoms. The highest BCUT2D eigenvalue weighted by Crippen LogP contribution is 2.45. The lowest BCUT2D eigenvalue weighted by Crippen LogP contribution is -2.00. The van der Waals surface area contributed by atoms with Crippen LogP contribution < -0.4 is 0 Å². The van der Waals surface area contributed by atoms with E-state index in [9.17, 15) is 0 Å². The molecule has 4 heterocycles. The lowest BCUT2D eigenvalue weighted by Gasteiger charge is -2.12. The van der Waals surface area contributed by atoms with E-state index in [0.717, 1.165) is 88.2 Å². The second kappa shape index (κ2) is 14.6. The van der Waals surface area contributed by atoms with E-state index in [1.54, 1.807) is 0 Å². The van der Waals surface area contributed by atoms with Gasteiger partial charge in [0.2, 0.25) is 0 Å². The van der Waals surface area contributed by atoms with Crippen LogP contribution in [0.3, 0.4) is 0 Å². The summed E-state index contributed by atoms with van der Waals surface area (Å²) in [6.45, 7) is 0. The van der Waals surface area contributed by atoms with E-state index < -0.39 is 0 Å². The van der Waals surface area contributed by atoms with Crippen LogP contribution in [0.25, 0.3) is 149 Å². The number of hydrogen-bond donors (Lipinski definition) is 0. The van der Waals surface area contributed by atoms with E-state index in [4.69, 9.17) is 23.8 Å². The van der Waals surface area contributed by atoms with Crippen molar-refractivity contribution in [3.63, 3.8) is 0 Å². The Morgan fingerprint density at radius 3 is 1.45 bits per heavy atom. The molecular weight excluding hydrogens is 845 g/mol. The molecule has 6 heteroatoms. The number of para-hydroxylation sites is 6. The van der Waals surface area contributed by atoms with E-state index >= 15 is 0 Å². The van der Waals surface area contributed by atoms with Crippen molar-refractivity contribution in [2.45, 2.75) is 0 Å². The van der Waals surface area contributed by atoms with Gasteiger partial charge in [-0.05, 0) is 86.4 Å². The topological polar surface area (TPSA) is 69.9 Å². The molecule has 0 unspecified atom stereocenters. The van der Waals surface area contributed by atoms with Crippen molar-refractivity contribution < 1.29 is 8.83 Å². The standard InChI is InChI=1S/C63H36N4O2/c1-2-16-38(17-3-1)67-54-31-10-8-23-50(54)57-45(24-15-32-55(57)67)47-26-12-27-48-49-28-14-30-52(60(49)69-58(47)48)63-65-61(64-62(66-63)51-29-13-25-46-44-22-9-11-33-56(44)68-59(46)51)37-34-35-43-41-20-5-4-18-39(41)40-19-6-7-21-42(40)53(43)36-37/h1-36H. The summed E-state index contributed by atoms with van der Waals surface area (Å²) in [4.78, 5) is 16.0. The maximum Gasteiger partial charge on any atom is 0.167 e. The third-order valence-electron chi connectivity index (χ3n) is 14.1. The number of nitrogens with zero attached hydrogens (tertiary/aromatic N) is 4. The fourth-order valence-corrected chi connectivity index (χ4v) is 11.0. The summed E-state index contributed by atoms with van der Waals surface area (Å²) < 4.78 is 16.2. The van der Waals surface area contributed by atoms with E-state index in [0.29, 0.717) is 23.1 Å². The zero-order valence-electron chi connectivity index (χ0n) is 36.9. The van der Waals surface area contributed by atoms with Crippen LogP contribution in [0.4, 0.5) is 0 Å². The lowest BCUT2D eigenvalue weighted by atomic mass is 9.93. The monoisotopic (exact) mass is 880 g/mol. The van der Waals surface area contributed by atoms with Gasteiger partial charge < -0.3 is 13.4 Å². The van der Waals surface area contributed by atoms with Gasteiger partial charge in [-0.15, -0.1) is 0 Å². The first-order valence-corrected chi connectivity index (χ1v) is 23.3. The van der Waals surface area contributed by atoms with Gasteiger partial charge in [0, 0.05) is 49.1 Å². The minimum absolute atomic E-state index is 0.505. The summed E-state index contributed by atoms with van der Waals surface area (Å²) in [6, 6.07) is 76.7. The second-order valence-electron chi connectivity index (χ2n) is 17.8. The number of benzene rings is 11. The summed E-state index contributed by atoms with van der Waals surface area (Å²) in [5.74, 6) is 1.57. The van der Waals surface area contributed by atoms with E-state index in [2.05, 4.69) is 199 Å². The largest absolute Gasteiger partial charge is 0.455 e. The van der Waals surface area contributed by atoms with Crippen molar-refractivity contribution in [1.82, 2.24) is 19.5 Å². The molecule has 0 spiro atoms. The van der Waals surface area contributed by atoms with Gasteiger partial charge in [0.1, 0.15) is 22.3 Å². The Balaban J connectivity index is 0.975. The molecule has 0 saturated heterocycles. The summed E-state index contributed by atoms with van der Waals surface area (Å²) in [5.41, 5.74) is 11.0. The Labute approximate surface area is 394 Å². The van der Waals surface area contributed by atoms with E-state index in [-0.39, 0.29) is 0 Å². The van der Waals surface area contributed by atoms with Crippen molar-refractivity contribution in [2.24, 2.45) is 0 Å². The molecule has 6 nitrogen and oxygen atoms in total. The fourth-order valence-electron chi connectivity index (χ4n) is 11.0. The third kappa shape index (κ3) is 5.57. The number of rotatable bonds is 5. The molecule has 0 N–H and O–H groups in total. The average Bonchev–Trinajstić information content (AvgIpc) is 4.11. The van der Waals surface area contributed by atoms with Crippen LogP contribution in [-0.4, -0.2) is 19.5 Å². The maximum atomic E-state index is 7.20. The van der Waals surface area contributed by atoms with Gasteiger partial charge in [-0.2, -0.15) is 0 Å². The number of hydrogen-bond acceptors (Lipinski definition) is 5. The molecule has 0 aliphatic heterocycles. The Morgan fingerprint density at radius 1 is 0.290 bits per heavy atom. The van der Waals surface area contributed by atoms with Gasteiger partial charge >= 0.3 is 0 Å². The minimum Gasteiger partial charge on any atom is -0.455 e. The average molecular weight is 881 g/mol. The normalized spacial score (nSPS) is 12.1. The number of furan rings is 2. The molecule has 15 aromatic rings. The van der Waals surface area contributed by atoms with Crippen molar-refractivity contribution in [3.8, 4) is 51.0 Å². The summed E-state index contributed by atoms with van der Waals surface area (Å²) >= 11 is 0. The van der Waals surface area contributed by atoms with Gasteiger partial charge in [-0.3, -0.25) is 0 Å². The van der Waals surface area contributed by atoms with Crippen molar-refractivity contribution >= 4 is 98.0 Å². The summed E-state index contributed by atoms with van der Waals surface area (Å²) in [7, 11) is 0. The minimum atomic E-state index is 0.505. The van der Waals surface area contributed by atoms with Gasteiger partial charge in [-0.25, -0.2) is 15.0 Å². The molecule has 0 fully saturated rings. The van der Waals surface area contributed by atoms with Crippen molar-refractivity contribution in [2.75, 3.05) is 0 Å². The molecule has 4 aromatic heterocycles. The maximum absolute atomic E-state index is 7.20. The molecule has 0 amide bonds. The highest BCUT2D eigenvalue weighted by atomic mass is 16.3. The Bertz CT molecular complexity index is 4580. The van der Waals surface area contributed by atoms with Crippen LogP contribution in [0.5, 0.6) is 0 Å². The highest BCUT2D eigenvalue weighted by Gasteiger charge is 2.24. The number of fused-ring (bicyclic) bond motifs is 15. The second-order valence-corrected chi connectivity index (χ2v) is 17.8. The molecule has 320 valence electrons. The predicted molar refractivity (Wildman–Crippen MR) is 283 cm³/mol. The Morgan fingerprint density at radius 2 is 0.754 bits per heavy atom. The third-order valence-corrected chi connectivity index (χ3v) is 14.1. The van der Waals surface area contributed by atoms with E-state index in [1.807, 2.05) is 24.3 Å². The molecule has 69 heavy (non-hydrogen) atoms. The quantitative estimate of drug-likeness (QED) is 0.161. The van der Waals surface area contributed by atoms with Crippen LogP contribution in [0.2, 0.25) is 0 Å². The smallest absolute Gasteiger partial charge is 0.167 e. The predicted octanol–water partition coefficient (Wildman–Crippen LogP) is 16.9. The van der Waals surface area contributed by atoms with Gasteiger partial charge in [0.25, 0.3) is 0 Å². The molecule has 0 saturated carbocycles. The molecule has 0 radical (unpaired) electrons. The first-order chi connectivity index (χ1) is 34.2. The lowest BCUT2D eigenvalue weighted by molar-refractivity contribution is 0.669. The molecular formula is C63H36N4O2. The van der Waals surface area contributed by atoms with Crippen LogP contribution in [0, 0.1) is 0 Å². The zero-order valence-corrected chi connectivity index (χ0v) is 36.9. The molecule has 0 aliphatic carbocycles. The summed E-state index contributed by atoms with van der Waals surface area (Å²) in [5, 5.41) is 13.5. The number of aromatic nitrogens is 4. The molecule has 11 aromatic carbocycles. The SMILES string of the molecule is c1ccc(-n2c3ccccc3c3c(-c4cccc5c4oc4c(-c6nc(-c7ccc8c9ccccc9c9ccccc9c8c7)nc(-c7cccc8c7oc7ccccc78)n6)cccc45)cccc32)cc1. The van der Waals surface area contributed by atoms with Crippen LogP contribution in [0.1, 0.15) is 0 Å². The Kier molecular flexibility index (Phi) is 7.97. The van der Waals surface area contributed by atoms with Crippen molar-refractivity contribution in [3.05, 3.63) is 218 Å². The van der Waals surface area contributed by atoms with Gasteiger partial charge in [-0.1, -0.05) is 170 Å². The van der Waals surface area contributed by atoms with Crippen molar-refractivity contribution in [1.29, 1.82) is 0 Å². The molecule has 0 atom stereocenters. The van der Waals surface area contributed by atoms with Gasteiger partial charge in [0.15, 0.2) is 17.5 Å². The first-order valence-electron chi connectivity index (χ1n) is 23.3. The first kappa shape index (κ1) is 37.8. The summed E-state index contributed by atoms with van der Waals surface area (Å²) in [6.07, 6.45) is 0. The van der Waals surface area contributed by atoms with Crippen LogP contribution in [-0.2, 0) is 0 Å². The molecule has 0 aliphatic rings. The Hall–Kier alpha value is -9.39. The fraction of sp³-hybridized carbons (Fsp3) is 0. The highest BCUT2D eigenvalue weighted by molar-refractivity contribution is 6.26. The van der Waals surface area contributed by atoms with Crippen LogP contribution >= 0.6 is 0 Å².